The number of nitrogens with zero attached hydrogens (tertiary/aromatic N) is 4. The van der Waals surface area contributed by atoms with E-state index in [1.165, 1.54) is 29.0 Å². The molecule has 148 valence electrons. The molecule has 3 heterocycles. The molecule has 0 saturated carbocycles. The Hall–Kier alpha value is -3.79. The molecular weight excluding hydrogens is 453 g/mol. The van der Waals surface area contributed by atoms with Crippen molar-refractivity contribution in [2.24, 2.45) is 0 Å². The van der Waals surface area contributed by atoms with Crippen molar-refractivity contribution in [3.63, 3.8) is 0 Å². The molecule has 0 aliphatic carbocycles. The van der Waals surface area contributed by atoms with Crippen LogP contribution in [0.5, 0.6) is 0 Å². The monoisotopic (exact) mass is 465 g/mol. The number of rotatable bonds is 3. The van der Waals surface area contributed by atoms with E-state index < -0.39 is 0 Å². The minimum atomic E-state index is -0.382. The van der Waals surface area contributed by atoms with Crippen LogP contribution in [0.2, 0.25) is 0 Å². The highest BCUT2D eigenvalue weighted by Gasteiger charge is 2.19. The minimum absolute atomic E-state index is 0.242. The van der Waals surface area contributed by atoms with Crippen molar-refractivity contribution in [2.45, 2.75) is 0 Å². The van der Waals surface area contributed by atoms with E-state index in [-0.39, 0.29) is 23.4 Å². The second kappa shape index (κ2) is 7.23. The zero-order chi connectivity index (χ0) is 20.7. The fourth-order valence-corrected chi connectivity index (χ4v) is 3.63. The lowest BCUT2D eigenvalue weighted by molar-refractivity contribution is -0.116. The van der Waals surface area contributed by atoms with E-state index in [0.717, 1.165) is 9.86 Å². The third kappa shape index (κ3) is 3.16. The molecule has 1 aliphatic heterocycles. The molecule has 30 heavy (non-hydrogen) atoms. The average molecular weight is 466 g/mol. The van der Waals surface area contributed by atoms with Crippen molar-refractivity contribution < 1.29 is 9.18 Å². The van der Waals surface area contributed by atoms with Crippen molar-refractivity contribution in [3.05, 3.63) is 77.1 Å². The van der Waals surface area contributed by atoms with Crippen molar-refractivity contribution in [3.8, 4) is 11.4 Å². The van der Waals surface area contributed by atoms with Crippen LogP contribution < -0.4 is 16.0 Å². The first-order valence-electron chi connectivity index (χ1n) is 8.90. The molecule has 0 atom stereocenters. The summed E-state index contributed by atoms with van der Waals surface area (Å²) in [5.74, 6) is -0.101. The van der Waals surface area contributed by atoms with Gasteiger partial charge >= 0.3 is 0 Å². The summed E-state index contributed by atoms with van der Waals surface area (Å²) in [5.41, 5.74) is 1.93. The molecule has 0 radical (unpaired) electrons. The number of halogens is 2. The number of carbonyl (C=O) groups is 1. The summed E-state index contributed by atoms with van der Waals surface area (Å²) in [7, 11) is 0. The molecule has 0 saturated heterocycles. The molecule has 0 fully saturated rings. The first-order valence-corrected chi connectivity index (χ1v) is 9.69. The normalized spacial score (nSPS) is 13.7. The number of amides is 1. The number of hydrogen-bond acceptors (Lipinski definition) is 6. The van der Waals surface area contributed by atoms with Crippen LogP contribution in [-0.4, -0.2) is 25.5 Å². The van der Waals surface area contributed by atoms with Crippen LogP contribution >= 0.6 is 15.9 Å². The number of fused-ring (bicyclic) bond motifs is 3. The predicted molar refractivity (Wildman–Crippen MR) is 114 cm³/mol. The molecule has 5 rings (SSSR count). The van der Waals surface area contributed by atoms with Crippen LogP contribution in [0.1, 0.15) is 0 Å². The topological polar surface area (TPSA) is 96.2 Å². The molecule has 2 aromatic heterocycles. The zero-order valence-corrected chi connectivity index (χ0v) is 16.8. The molecule has 0 unspecified atom stereocenters. The summed E-state index contributed by atoms with van der Waals surface area (Å²) in [5, 5.41) is 13.8. The van der Waals surface area contributed by atoms with Crippen LogP contribution in [0, 0.1) is 5.82 Å². The Labute approximate surface area is 177 Å². The molecule has 0 bridgehead atoms. The van der Waals surface area contributed by atoms with Gasteiger partial charge in [-0.1, -0.05) is 18.2 Å². The number of nitrogens with one attached hydrogen (secondary N) is 3. The molecule has 3 N–H and O–H groups in total. The van der Waals surface area contributed by atoms with Crippen molar-refractivity contribution in [1.82, 2.24) is 30.2 Å². The van der Waals surface area contributed by atoms with Crippen molar-refractivity contribution >= 4 is 44.3 Å². The van der Waals surface area contributed by atoms with Gasteiger partial charge in [-0.25, -0.2) is 14.4 Å². The Morgan fingerprint density at radius 1 is 1.10 bits per heavy atom. The maximum atomic E-state index is 13.7. The molecule has 0 spiro atoms. The highest BCUT2D eigenvalue weighted by atomic mass is 79.9. The molecule has 10 heteroatoms. The molecule has 1 amide bonds. The zero-order valence-electron chi connectivity index (χ0n) is 15.2. The van der Waals surface area contributed by atoms with Gasteiger partial charge in [0, 0.05) is 28.6 Å². The van der Waals surface area contributed by atoms with Crippen LogP contribution in [0.4, 0.5) is 10.3 Å². The van der Waals surface area contributed by atoms with Crippen molar-refractivity contribution in [1.29, 1.82) is 0 Å². The van der Waals surface area contributed by atoms with Crippen LogP contribution in [0.15, 0.2) is 71.2 Å². The lowest BCUT2D eigenvalue weighted by Crippen LogP contribution is -2.24. The molecule has 2 aromatic carbocycles. The van der Waals surface area contributed by atoms with E-state index in [4.69, 9.17) is 0 Å². The second-order valence-electron chi connectivity index (χ2n) is 6.41. The highest BCUT2D eigenvalue weighted by molar-refractivity contribution is 9.10. The van der Waals surface area contributed by atoms with Gasteiger partial charge in [0.1, 0.15) is 11.5 Å². The van der Waals surface area contributed by atoms with E-state index in [0.29, 0.717) is 22.6 Å². The lowest BCUT2D eigenvalue weighted by atomic mass is 10.2. The Balaban J connectivity index is 1.73. The number of hydrogen-bond donors (Lipinski definition) is 3. The maximum absolute atomic E-state index is 13.7. The maximum Gasteiger partial charge on any atom is 0.273 e. The van der Waals surface area contributed by atoms with Gasteiger partial charge in [0.05, 0.1) is 10.9 Å². The minimum Gasteiger partial charge on any atom is -0.364 e. The van der Waals surface area contributed by atoms with Crippen molar-refractivity contribution in [2.75, 3.05) is 5.32 Å². The quantitative estimate of drug-likeness (QED) is 0.429. The Morgan fingerprint density at radius 2 is 1.97 bits per heavy atom. The van der Waals surface area contributed by atoms with Gasteiger partial charge in [0.25, 0.3) is 5.91 Å². The Kier molecular flexibility index (Phi) is 4.40. The molecule has 8 nitrogen and oxygen atoms in total. The fraction of sp³-hybridized carbons (Fsp3) is 0. The first-order chi connectivity index (χ1) is 14.6. The standard InChI is InChI=1S/C20H13BrFN7O/c21-13-5-2-6-14-16(13)18-27-17(11-3-1-4-12(22)9-11)28-29(18)20(25-14)26-15-10-23-7-8-24-19(15)30/h1-10,23H,(H,24,30)(H,25,26). The third-order valence-electron chi connectivity index (χ3n) is 4.44. The van der Waals surface area contributed by atoms with Gasteiger partial charge in [-0.05, 0) is 40.2 Å². The lowest BCUT2D eigenvalue weighted by Gasteiger charge is -2.11. The second-order valence-corrected chi connectivity index (χ2v) is 7.26. The Morgan fingerprint density at radius 3 is 2.83 bits per heavy atom. The number of benzene rings is 2. The van der Waals surface area contributed by atoms with E-state index in [1.54, 1.807) is 18.3 Å². The van der Waals surface area contributed by atoms with Gasteiger partial charge in [-0.3, -0.25) is 4.79 Å². The van der Waals surface area contributed by atoms with E-state index >= 15 is 0 Å². The molecule has 4 aromatic rings. The summed E-state index contributed by atoms with van der Waals surface area (Å²) in [6, 6.07) is 11.6. The van der Waals surface area contributed by atoms with Crippen LogP contribution in [-0.2, 0) is 4.79 Å². The van der Waals surface area contributed by atoms with E-state index in [2.05, 4.69) is 46.9 Å². The summed E-state index contributed by atoms with van der Waals surface area (Å²) in [6.07, 6.45) is 4.60. The summed E-state index contributed by atoms with van der Waals surface area (Å²) in [6.45, 7) is 0. The largest absolute Gasteiger partial charge is 0.364 e. The predicted octanol–water partition coefficient (Wildman–Crippen LogP) is 3.29. The summed E-state index contributed by atoms with van der Waals surface area (Å²) < 4.78 is 16.0. The van der Waals surface area contributed by atoms with Crippen LogP contribution in [0.3, 0.4) is 0 Å². The van der Waals surface area contributed by atoms with Gasteiger partial charge in [0.15, 0.2) is 11.5 Å². The van der Waals surface area contributed by atoms with E-state index in [1.807, 2.05) is 18.2 Å². The number of aromatic nitrogens is 4. The Bertz CT molecular complexity index is 1380. The smallest absolute Gasteiger partial charge is 0.273 e. The first kappa shape index (κ1) is 18.3. The van der Waals surface area contributed by atoms with Gasteiger partial charge in [-0.2, -0.15) is 4.52 Å². The average Bonchev–Trinajstić information content (AvgIpc) is 3.08. The fourth-order valence-electron chi connectivity index (χ4n) is 3.09. The van der Waals surface area contributed by atoms with Gasteiger partial charge in [0.2, 0.25) is 5.95 Å². The molecule has 1 aliphatic rings. The summed E-state index contributed by atoms with van der Waals surface area (Å²) in [4.78, 5) is 21.5. The third-order valence-corrected chi connectivity index (χ3v) is 5.11. The van der Waals surface area contributed by atoms with E-state index in [9.17, 15) is 9.18 Å². The SMILES string of the molecule is O=C1NC=CNC=C1Nc1nc2cccc(Br)c2c2nc(-c3cccc(F)c3)nn12. The summed E-state index contributed by atoms with van der Waals surface area (Å²) >= 11 is 3.54. The number of carbonyl (C=O) groups excluding carboxylic acids is 1. The van der Waals surface area contributed by atoms with Gasteiger partial charge in [-0.15, -0.1) is 5.10 Å². The highest BCUT2D eigenvalue weighted by Crippen LogP contribution is 2.30. The van der Waals surface area contributed by atoms with Crippen LogP contribution in [0.25, 0.3) is 27.9 Å². The number of anilines is 1. The molecular formula is C20H13BrFN7O. The van der Waals surface area contributed by atoms with Gasteiger partial charge < -0.3 is 16.0 Å².